The zero-order valence-corrected chi connectivity index (χ0v) is 12.6. The third-order valence-electron chi connectivity index (χ3n) is 4.78. The van der Waals surface area contributed by atoms with Crippen molar-refractivity contribution >= 4 is 0 Å². The highest BCUT2D eigenvalue weighted by atomic mass is 15.1. The van der Waals surface area contributed by atoms with Gasteiger partial charge >= 0.3 is 0 Å². The molecule has 1 aliphatic heterocycles. The molecule has 0 aromatic heterocycles. The van der Waals surface area contributed by atoms with Crippen LogP contribution in [0.4, 0.5) is 0 Å². The van der Waals surface area contributed by atoms with Crippen molar-refractivity contribution in [2.75, 3.05) is 19.6 Å². The summed E-state index contributed by atoms with van der Waals surface area (Å²) in [5.41, 5.74) is 0. The maximum atomic E-state index is 3.95. The first-order chi connectivity index (χ1) is 8.67. The quantitative estimate of drug-likeness (QED) is 0.826. The second-order valence-electron chi connectivity index (χ2n) is 6.90. The summed E-state index contributed by atoms with van der Waals surface area (Å²) in [6.45, 7) is 11.1. The summed E-state index contributed by atoms with van der Waals surface area (Å²) in [5.74, 6) is 1.85. The van der Waals surface area contributed by atoms with Crippen LogP contribution in [-0.2, 0) is 0 Å². The summed E-state index contributed by atoms with van der Waals surface area (Å²) in [6, 6.07) is 1.59. The van der Waals surface area contributed by atoms with Crippen LogP contribution in [0.5, 0.6) is 0 Å². The largest absolute Gasteiger partial charge is 0.311 e. The van der Waals surface area contributed by atoms with Gasteiger partial charge in [-0.25, -0.2) is 0 Å². The summed E-state index contributed by atoms with van der Waals surface area (Å²) in [7, 11) is 0. The molecular weight excluding hydrogens is 220 g/mol. The summed E-state index contributed by atoms with van der Waals surface area (Å²) in [4.78, 5) is 2.63. The van der Waals surface area contributed by atoms with E-state index in [1.807, 2.05) is 0 Å². The molecule has 0 spiro atoms. The molecule has 2 atom stereocenters. The number of rotatable bonds is 4. The van der Waals surface area contributed by atoms with Crippen molar-refractivity contribution in [1.29, 1.82) is 0 Å². The first kappa shape index (κ1) is 14.3. The molecule has 0 amide bonds. The maximum absolute atomic E-state index is 3.95. The van der Waals surface area contributed by atoms with Gasteiger partial charge in [0, 0.05) is 12.1 Å². The summed E-state index contributed by atoms with van der Waals surface area (Å²) >= 11 is 0. The van der Waals surface area contributed by atoms with E-state index in [0.29, 0.717) is 0 Å². The molecule has 106 valence electrons. The van der Waals surface area contributed by atoms with Crippen molar-refractivity contribution in [3.63, 3.8) is 0 Å². The Balaban J connectivity index is 1.71. The van der Waals surface area contributed by atoms with E-state index in [9.17, 15) is 0 Å². The number of likely N-dealkylation sites (tertiary alicyclic amines) is 1. The molecule has 1 saturated carbocycles. The highest BCUT2D eigenvalue weighted by Crippen LogP contribution is 2.29. The molecule has 18 heavy (non-hydrogen) atoms. The van der Waals surface area contributed by atoms with Crippen LogP contribution in [0.25, 0.3) is 0 Å². The van der Waals surface area contributed by atoms with Crippen molar-refractivity contribution in [3.05, 3.63) is 0 Å². The highest BCUT2D eigenvalue weighted by Gasteiger charge is 2.27. The number of hydrogen-bond donors (Lipinski definition) is 1. The molecule has 0 bridgehead atoms. The molecule has 2 nitrogen and oxygen atoms in total. The van der Waals surface area contributed by atoms with Gasteiger partial charge in [0.1, 0.15) is 0 Å². The Hall–Kier alpha value is -0.0800. The third-order valence-corrected chi connectivity index (χ3v) is 4.78. The molecule has 2 rings (SSSR count). The predicted octanol–water partition coefficient (Wildman–Crippen LogP) is 3.28. The van der Waals surface area contributed by atoms with E-state index in [-0.39, 0.29) is 0 Å². The molecule has 0 aromatic rings. The van der Waals surface area contributed by atoms with E-state index < -0.39 is 0 Å². The minimum absolute atomic E-state index is 0.792. The summed E-state index contributed by atoms with van der Waals surface area (Å²) in [5, 5.41) is 3.95. The number of nitrogens with zero attached hydrogens (tertiary/aromatic N) is 1. The van der Waals surface area contributed by atoms with Gasteiger partial charge in [0.25, 0.3) is 0 Å². The van der Waals surface area contributed by atoms with Crippen LogP contribution in [0.2, 0.25) is 0 Å². The Morgan fingerprint density at radius 1 is 0.944 bits per heavy atom. The molecule has 1 N–H and O–H groups in total. The second kappa shape index (κ2) is 6.91. The topological polar surface area (TPSA) is 15.3 Å². The Kier molecular flexibility index (Phi) is 5.50. The van der Waals surface area contributed by atoms with Gasteiger partial charge in [-0.1, -0.05) is 20.8 Å². The lowest BCUT2D eigenvalue weighted by atomic mass is 9.80. The van der Waals surface area contributed by atoms with Crippen LogP contribution < -0.4 is 5.32 Å². The van der Waals surface area contributed by atoms with Gasteiger partial charge in [0.2, 0.25) is 0 Å². The summed E-state index contributed by atoms with van der Waals surface area (Å²) < 4.78 is 0. The van der Waals surface area contributed by atoms with Gasteiger partial charge in [-0.05, 0) is 70.0 Å². The van der Waals surface area contributed by atoms with Gasteiger partial charge in [0.05, 0.1) is 0 Å². The van der Waals surface area contributed by atoms with Crippen LogP contribution in [0.1, 0.15) is 59.3 Å². The average Bonchev–Trinajstić information content (AvgIpc) is 2.31. The van der Waals surface area contributed by atoms with E-state index >= 15 is 0 Å². The predicted molar refractivity (Wildman–Crippen MR) is 78.9 cm³/mol. The van der Waals surface area contributed by atoms with Gasteiger partial charge in [-0.3, -0.25) is 0 Å². The molecule has 0 radical (unpaired) electrons. The molecule has 2 heteroatoms. The lowest BCUT2D eigenvalue weighted by molar-refractivity contribution is 0.167. The van der Waals surface area contributed by atoms with Gasteiger partial charge in [0.15, 0.2) is 0 Å². The van der Waals surface area contributed by atoms with E-state index in [2.05, 4.69) is 31.0 Å². The van der Waals surface area contributed by atoms with Crippen LogP contribution in [0.15, 0.2) is 0 Å². The van der Waals surface area contributed by atoms with Crippen LogP contribution in [-0.4, -0.2) is 36.6 Å². The van der Waals surface area contributed by atoms with Crippen molar-refractivity contribution in [2.24, 2.45) is 11.8 Å². The third kappa shape index (κ3) is 4.24. The standard InChI is InChI=1S/C16H32N2/c1-4-7-18-8-5-15(6-9-18)17-16-11-13(2)10-14(3)12-16/h13-17H,4-12H2,1-3H3. The Bertz CT molecular complexity index is 223. The molecular formula is C16H32N2. The first-order valence-electron chi connectivity index (χ1n) is 8.15. The second-order valence-corrected chi connectivity index (χ2v) is 6.90. The first-order valence-corrected chi connectivity index (χ1v) is 8.15. The van der Waals surface area contributed by atoms with Crippen LogP contribution >= 0.6 is 0 Å². The fourth-order valence-electron chi connectivity index (χ4n) is 4.06. The monoisotopic (exact) mass is 252 g/mol. The minimum Gasteiger partial charge on any atom is -0.311 e. The minimum atomic E-state index is 0.792. The van der Waals surface area contributed by atoms with Gasteiger partial charge in [-0.15, -0.1) is 0 Å². The smallest absolute Gasteiger partial charge is 0.00940 e. The summed E-state index contributed by atoms with van der Waals surface area (Å²) in [6.07, 6.45) is 8.26. The van der Waals surface area contributed by atoms with Crippen molar-refractivity contribution in [2.45, 2.75) is 71.4 Å². The fraction of sp³-hybridized carbons (Fsp3) is 1.00. The van der Waals surface area contributed by atoms with Gasteiger partial charge < -0.3 is 10.2 Å². The normalized spacial score (nSPS) is 35.8. The van der Waals surface area contributed by atoms with Gasteiger partial charge in [-0.2, -0.15) is 0 Å². The Morgan fingerprint density at radius 3 is 2.11 bits per heavy atom. The molecule has 1 saturated heterocycles. The number of nitrogens with one attached hydrogen (secondary N) is 1. The molecule has 2 fully saturated rings. The van der Waals surface area contributed by atoms with E-state index in [4.69, 9.17) is 0 Å². The maximum Gasteiger partial charge on any atom is 0.00940 e. The van der Waals surface area contributed by atoms with E-state index in [1.165, 1.54) is 58.2 Å². The highest BCUT2D eigenvalue weighted by molar-refractivity contribution is 4.85. The Morgan fingerprint density at radius 2 is 1.56 bits per heavy atom. The zero-order valence-electron chi connectivity index (χ0n) is 12.6. The van der Waals surface area contributed by atoms with E-state index in [0.717, 1.165) is 23.9 Å². The Labute approximate surface area is 114 Å². The molecule has 0 aromatic carbocycles. The van der Waals surface area contributed by atoms with Crippen LogP contribution in [0, 0.1) is 11.8 Å². The molecule has 1 heterocycles. The fourth-order valence-corrected chi connectivity index (χ4v) is 4.06. The van der Waals surface area contributed by atoms with Crippen molar-refractivity contribution in [3.8, 4) is 0 Å². The zero-order chi connectivity index (χ0) is 13.0. The lowest BCUT2D eigenvalue weighted by Crippen LogP contribution is -2.48. The van der Waals surface area contributed by atoms with Crippen molar-refractivity contribution < 1.29 is 0 Å². The van der Waals surface area contributed by atoms with Crippen molar-refractivity contribution in [1.82, 2.24) is 10.2 Å². The lowest BCUT2D eigenvalue weighted by Gasteiger charge is -2.38. The molecule has 1 aliphatic carbocycles. The average molecular weight is 252 g/mol. The van der Waals surface area contributed by atoms with E-state index in [1.54, 1.807) is 0 Å². The molecule has 2 aliphatic rings. The van der Waals surface area contributed by atoms with Crippen LogP contribution in [0.3, 0.4) is 0 Å². The number of hydrogen-bond acceptors (Lipinski definition) is 2. The molecule has 2 unspecified atom stereocenters. The number of piperidine rings is 1. The SMILES string of the molecule is CCCN1CCC(NC2CC(C)CC(C)C2)CC1.